The minimum Gasteiger partial charge on any atom is -0.355 e. The Morgan fingerprint density at radius 3 is 2.78 bits per heavy atom. The molecule has 1 N–H and O–H groups in total. The van der Waals surface area contributed by atoms with Crippen LogP contribution in [0.2, 0.25) is 0 Å². The van der Waals surface area contributed by atoms with Crippen molar-refractivity contribution in [2.75, 3.05) is 32.0 Å². The summed E-state index contributed by atoms with van der Waals surface area (Å²) in [4.78, 5) is 24.6. The van der Waals surface area contributed by atoms with E-state index in [-0.39, 0.29) is 11.7 Å². The molecule has 0 spiro atoms. The van der Waals surface area contributed by atoms with E-state index in [0.717, 1.165) is 50.2 Å². The van der Waals surface area contributed by atoms with Gasteiger partial charge in [0.2, 0.25) is 5.91 Å². The van der Waals surface area contributed by atoms with Crippen molar-refractivity contribution < 1.29 is 9.18 Å². The van der Waals surface area contributed by atoms with Gasteiger partial charge in [0.15, 0.2) is 0 Å². The number of thiazole rings is 1. The van der Waals surface area contributed by atoms with Gasteiger partial charge in [0, 0.05) is 55.2 Å². The van der Waals surface area contributed by atoms with Gasteiger partial charge in [0.1, 0.15) is 5.82 Å². The molecule has 0 radical (unpaired) electrons. The first-order chi connectivity index (χ1) is 17.5. The number of benzene rings is 3. The predicted octanol–water partition coefficient (Wildman–Crippen LogP) is 5.67. The number of nitrogens with zero attached hydrogens (tertiary/aromatic N) is 4. The summed E-state index contributed by atoms with van der Waals surface area (Å²) in [6.07, 6.45) is 1.76. The van der Waals surface area contributed by atoms with Gasteiger partial charge < -0.3 is 10.2 Å². The molecule has 8 heteroatoms. The van der Waals surface area contributed by atoms with Crippen LogP contribution in [-0.2, 0) is 11.3 Å². The van der Waals surface area contributed by atoms with E-state index < -0.39 is 0 Å². The molecule has 180 valence electrons. The van der Waals surface area contributed by atoms with E-state index in [0.29, 0.717) is 25.2 Å². The highest BCUT2D eigenvalue weighted by molar-refractivity contribution is 7.16. The Labute approximate surface area is 212 Å². The number of pyridine rings is 1. The lowest BCUT2D eigenvalue weighted by molar-refractivity contribution is -0.134. The second-order valence-corrected chi connectivity index (χ2v) is 9.98. The molecule has 6 nitrogen and oxygen atoms in total. The van der Waals surface area contributed by atoms with Gasteiger partial charge in [-0.05, 0) is 47.5 Å². The Bertz CT molecular complexity index is 1600. The first-order valence-corrected chi connectivity index (χ1v) is 12.7. The lowest BCUT2D eigenvalue weighted by Crippen LogP contribution is -2.47. The van der Waals surface area contributed by atoms with Gasteiger partial charge in [-0.3, -0.25) is 14.7 Å². The lowest BCUT2D eigenvalue weighted by Gasteiger charge is -2.31. The second kappa shape index (κ2) is 9.29. The van der Waals surface area contributed by atoms with E-state index in [1.54, 1.807) is 28.5 Å². The molecule has 1 aliphatic rings. The summed E-state index contributed by atoms with van der Waals surface area (Å²) in [6, 6.07) is 19.2. The maximum atomic E-state index is 15.2. The normalized spacial score (nSPS) is 14.6. The quantitative estimate of drug-likeness (QED) is 0.339. The van der Waals surface area contributed by atoms with Crippen LogP contribution in [0.3, 0.4) is 0 Å². The molecule has 1 amide bonds. The van der Waals surface area contributed by atoms with Gasteiger partial charge in [-0.2, -0.15) is 0 Å². The van der Waals surface area contributed by atoms with Crippen molar-refractivity contribution in [2.45, 2.75) is 6.54 Å². The van der Waals surface area contributed by atoms with Crippen LogP contribution >= 0.6 is 11.3 Å². The maximum absolute atomic E-state index is 15.2. The highest BCUT2D eigenvalue weighted by Gasteiger charge is 2.21. The van der Waals surface area contributed by atoms with E-state index >= 15 is 4.39 Å². The number of amides is 1. The summed E-state index contributed by atoms with van der Waals surface area (Å²) >= 11 is 1.61. The number of nitrogens with one attached hydrogen (secondary N) is 1. The number of fused-ring (bicyclic) bond motifs is 2. The number of carbonyl (C=O) groups excluding carboxylic acids is 1. The number of likely N-dealkylation sites (N-methyl/N-ethyl adjacent to an activating group) is 1. The summed E-state index contributed by atoms with van der Waals surface area (Å²) < 4.78 is 16.3. The third kappa shape index (κ3) is 4.41. The summed E-state index contributed by atoms with van der Waals surface area (Å²) in [5.41, 5.74) is 7.70. The summed E-state index contributed by atoms with van der Waals surface area (Å²) in [5.74, 6) is -0.181. The molecule has 36 heavy (non-hydrogen) atoms. The van der Waals surface area contributed by atoms with Crippen LogP contribution in [0.15, 0.2) is 72.4 Å². The molecule has 0 atom stereocenters. The summed E-state index contributed by atoms with van der Waals surface area (Å²) in [6.45, 7) is 2.40. The first-order valence-electron chi connectivity index (χ1n) is 11.8. The van der Waals surface area contributed by atoms with Crippen LogP contribution in [-0.4, -0.2) is 52.4 Å². The van der Waals surface area contributed by atoms with Gasteiger partial charge >= 0.3 is 0 Å². The molecule has 1 saturated heterocycles. The van der Waals surface area contributed by atoms with Crippen molar-refractivity contribution >= 4 is 49.7 Å². The Morgan fingerprint density at radius 2 is 1.92 bits per heavy atom. The number of rotatable bonds is 5. The second-order valence-electron chi connectivity index (χ2n) is 9.09. The molecular formula is C28H24FN5OS. The minimum absolute atomic E-state index is 0.0972. The fourth-order valence-electron chi connectivity index (χ4n) is 4.60. The van der Waals surface area contributed by atoms with Crippen molar-refractivity contribution in [1.82, 2.24) is 19.8 Å². The number of hydrogen-bond donors (Lipinski definition) is 1. The average molecular weight is 498 g/mol. The van der Waals surface area contributed by atoms with Gasteiger partial charge in [-0.1, -0.05) is 24.3 Å². The van der Waals surface area contributed by atoms with E-state index in [2.05, 4.69) is 26.3 Å². The summed E-state index contributed by atoms with van der Waals surface area (Å²) in [5, 5.41) is 4.45. The zero-order chi connectivity index (χ0) is 24.6. The van der Waals surface area contributed by atoms with Gasteiger partial charge in [0.05, 0.1) is 27.8 Å². The number of anilines is 2. The van der Waals surface area contributed by atoms with E-state index in [9.17, 15) is 4.79 Å². The molecule has 3 heterocycles. The topological polar surface area (TPSA) is 61.4 Å². The molecule has 1 fully saturated rings. The molecule has 0 saturated carbocycles. The van der Waals surface area contributed by atoms with Crippen molar-refractivity contribution in [3.05, 3.63) is 83.8 Å². The monoisotopic (exact) mass is 497 g/mol. The summed E-state index contributed by atoms with van der Waals surface area (Å²) in [7, 11) is 1.81. The van der Waals surface area contributed by atoms with Crippen LogP contribution in [0.5, 0.6) is 0 Å². The first kappa shape index (κ1) is 22.6. The minimum atomic E-state index is -0.278. The fourth-order valence-corrected chi connectivity index (χ4v) is 5.32. The standard InChI is InChI=1S/C28H24FN5OS/c1-33-10-11-34(16-28(33)35)15-18-2-5-21(23(29)12-18)19-3-6-22-24(8-9-30-26(22)13-19)32-20-4-7-25-27(14-20)36-17-31-25/h2-9,12-14,17H,10-11,15-16H2,1H3,(H,30,32). The number of halogens is 1. The predicted molar refractivity (Wildman–Crippen MR) is 143 cm³/mol. The lowest BCUT2D eigenvalue weighted by atomic mass is 10.0. The van der Waals surface area contributed by atoms with Crippen LogP contribution in [0.25, 0.3) is 32.2 Å². The number of aromatic nitrogens is 2. The molecule has 6 rings (SSSR count). The molecular weight excluding hydrogens is 473 g/mol. The number of hydrogen-bond acceptors (Lipinski definition) is 6. The van der Waals surface area contributed by atoms with Crippen molar-refractivity contribution in [3.63, 3.8) is 0 Å². The highest BCUT2D eigenvalue weighted by atomic mass is 32.1. The van der Waals surface area contributed by atoms with Crippen molar-refractivity contribution in [1.29, 1.82) is 0 Å². The zero-order valence-corrected chi connectivity index (χ0v) is 20.6. The molecule has 2 aromatic heterocycles. The largest absolute Gasteiger partial charge is 0.355 e. The van der Waals surface area contributed by atoms with E-state index in [1.165, 1.54) is 0 Å². The van der Waals surface area contributed by atoms with Crippen LogP contribution < -0.4 is 5.32 Å². The van der Waals surface area contributed by atoms with Crippen LogP contribution in [0, 0.1) is 5.82 Å². The average Bonchev–Trinajstić information content (AvgIpc) is 3.34. The number of carbonyl (C=O) groups is 1. The zero-order valence-electron chi connectivity index (χ0n) is 19.7. The third-order valence-corrected chi connectivity index (χ3v) is 7.43. The van der Waals surface area contributed by atoms with Gasteiger partial charge in [-0.15, -0.1) is 11.3 Å². The van der Waals surface area contributed by atoms with Crippen molar-refractivity contribution in [2.24, 2.45) is 0 Å². The van der Waals surface area contributed by atoms with E-state index in [1.807, 2.05) is 61.1 Å². The third-order valence-electron chi connectivity index (χ3n) is 6.64. The molecule has 0 unspecified atom stereocenters. The smallest absolute Gasteiger partial charge is 0.236 e. The molecule has 1 aliphatic heterocycles. The molecule has 5 aromatic rings. The fraction of sp³-hybridized carbons (Fsp3) is 0.179. The van der Waals surface area contributed by atoms with Gasteiger partial charge in [0.25, 0.3) is 0 Å². The SMILES string of the molecule is CN1CCN(Cc2ccc(-c3ccc4c(Nc5ccc6ncsc6c5)ccnc4c3)c(F)c2)CC1=O. The Kier molecular flexibility index (Phi) is 5.83. The van der Waals surface area contributed by atoms with Crippen molar-refractivity contribution in [3.8, 4) is 11.1 Å². The van der Waals surface area contributed by atoms with Gasteiger partial charge in [-0.25, -0.2) is 9.37 Å². The molecule has 0 bridgehead atoms. The van der Waals surface area contributed by atoms with E-state index in [4.69, 9.17) is 0 Å². The Morgan fingerprint density at radius 1 is 1.00 bits per heavy atom. The van der Waals surface area contributed by atoms with Crippen LogP contribution in [0.4, 0.5) is 15.8 Å². The van der Waals surface area contributed by atoms with Crippen LogP contribution in [0.1, 0.15) is 5.56 Å². The Hall–Kier alpha value is -3.88. The maximum Gasteiger partial charge on any atom is 0.236 e. The Balaban J connectivity index is 1.24. The highest BCUT2D eigenvalue weighted by Crippen LogP contribution is 2.32. The molecule has 0 aliphatic carbocycles. The number of piperazine rings is 1. The molecule has 3 aromatic carbocycles.